The number of hydrogen-bond acceptors (Lipinski definition) is 6. The summed E-state index contributed by atoms with van der Waals surface area (Å²) in [5, 5.41) is 8.79. The number of nitrogens with one attached hydrogen (secondary N) is 2. The summed E-state index contributed by atoms with van der Waals surface area (Å²) < 4.78 is 0. The van der Waals surface area contributed by atoms with E-state index >= 15 is 0 Å². The molecule has 0 spiro atoms. The van der Waals surface area contributed by atoms with Crippen LogP contribution in [0, 0.1) is 5.92 Å². The van der Waals surface area contributed by atoms with Crippen LogP contribution in [-0.2, 0) is 20.9 Å². The third-order valence-corrected chi connectivity index (χ3v) is 9.84. The Morgan fingerprint density at radius 2 is 1.77 bits per heavy atom. The van der Waals surface area contributed by atoms with Crippen LogP contribution in [0.25, 0.3) is 0 Å². The Morgan fingerprint density at radius 1 is 1.02 bits per heavy atom. The van der Waals surface area contributed by atoms with Crippen molar-refractivity contribution < 1.29 is 14.4 Å². The van der Waals surface area contributed by atoms with Crippen molar-refractivity contribution in [2.75, 3.05) is 40.3 Å². The van der Waals surface area contributed by atoms with Gasteiger partial charge in [0.05, 0.1) is 19.1 Å². The van der Waals surface area contributed by atoms with Gasteiger partial charge in [-0.1, -0.05) is 44.6 Å². The molecule has 0 radical (unpaired) electrons. The van der Waals surface area contributed by atoms with Gasteiger partial charge in [0, 0.05) is 30.4 Å². The molecule has 2 aliphatic carbocycles. The molecule has 2 heterocycles. The lowest BCUT2D eigenvalue weighted by Crippen LogP contribution is -2.64. The second kappa shape index (κ2) is 15.9. The molecule has 3 aliphatic rings. The van der Waals surface area contributed by atoms with Crippen LogP contribution in [0.15, 0.2) is 17.5 Å². The van der Waals surface area contributed by atoms with Gasteiger partial charge in [0.25, 0.3) is 0 Å². The Kier molecular flexibility index (Phi) is 12.3. The van der Waals surface area contributed by atoms with E-state index in [2.05, 4.69) is 29.6 Å². The van der Waals surface area contributed by atoms with Gasteiger partial charge in [0.1, 0.15) is 6.04 Å². The van der Waals surface area contributed by atoms with Crippen LogP contribution < -0.4 is 10.6 Å². The van der Waals surface area contributed by atoms with Crippen molar-refractivity contribution in [2.45, 2.75) is 108 Å². The largest absolute Gasteiger partial charge is 0.349 e. The van der Waals surface area contributed by atoms with Crippen LogP contribution in [0.5, 0.6) is 0 Å². The van der Waals surface area contributed by atoms with Crippen LogP contribution in [0.1, 0.15) is 88.3 Å². The van der Waals surface area contributed by atoms with Crippen molar-refractivity contribution in [3.63, 3.8) is 0 Å². The molecule has 8 nitrogen and oxygen atoms in total. The monoisotopic (exact) mass is 573 g/mol. The van der Waals surface area contributed by atoms with E-state index in [9.17, 15) is 14.4 Å². The number of hydrogen-bond donors (Lipinski definition) is 2. The summed E-state index contributed by atoms with van der Waals surface area (Å²) in [4.78, 5) is 47.9. The van der Waals surface area contributed by atoms with Crippen LogP contribution in [0.3, 0.4) is 0 Å². The molecule has 2 atom stereocenters. The first kappa shape index (κ1) is 31.0. The Bertz CT molecular complexity index is 927. The Balaban J connectivity index is 1.45. The normalized spacial score (nSPS) is 21.6. The molecule has 3 amide bonds. The third-order valence-electron chi connectivity index (χ3n) is 8.96. The molecule has 2 saturated carbocycles. The van der Waals surface area contributed by atoms with E-state index in [0.717, 1.165) is 56.4 Å². The van der Waals surface area contributed by atoms with Crippen molar-refractivity contribution in [3.8, 4) is 0 Å². The van der Waals surface area contributed by atoms with Crippen molar-refractivity contribution in [1.82, 2.24) is 25.3 Å². The lowest BCUT2D eigenvalue weighted by Gasteiger charge is -2.42. The highest BCUT2D eigenvalue weighted by Gasteiger charge is 2.40. The second-order valence-electron chi connectivity index (χ2n) is 12.4. The molecule has 0 bridgehead atoms. The smallest absolute Gasteiger partial charge is 0.244 e. The van der Waals surface area contributed by atoms with Gasteiger partial charge >= 0.3 is 0 Å². The average molecular weight is 574 g/mol. The van der Waals surface area contributed by atoms with Crippen LogP contribution in [0.2, 0.25) is 0 Å². The Hall–Kier alpha value is -1.97. The van der Waals surface area contributed by atoms with Gasteiger partial charge in [-0.15, -0.1) is 11.3 Å². The summed E-state index contributed by atoms with van der Waals surface area (Å²) in [7, 11) is 4.16. The SMILES string of the molecule is CN(C)CCCC[C@@H](NC1CCCCC1)C(=O)N1CCN(C(=O)CC2CCCC2)CC1C(=O)NCc1cccs1. The minimum atomic E-state index is -0.661. The number of unbranched alkanes of at least 4 members (excludes halogenated alkanes) is 1. The quantitative estimate of drug-likeness (QED) is 0.349. The number of rotatable bonds is 13. The van der Waals surface area contributed by atoms with Gasteiger partial charge in [-0.25, -0.2) is 0 Å². The lowest BCUT2D eigenvalue weighted by atomic mass is 9.94. The molecular weight excluding hydrogens is 522 g/mol. The molecule has 224 valence electrons. The van der Waals surface area contributed by atoms with E-state index in [0.29, 0.717) is 38.0 Å². The van der Waals surface area contributed by atoms with Crippen molar-refractivity contribution in [1.29, 1.82) is 0 Å². The van der Waals surface area contributed by atoms with Gasteiger partial charge in [-0.3, -0.25) is 14.4 Å². The molecule has 1 aromatic rings. The van der Waals surface area contributed by atoms with Gasteiger partial charge < -0.3 is 25.3 Å². The summed E-state index contributed by atoms with van der Waals surface area (Å²) in [5.41, 5.74) is 0. The summed E-state index contributed by atoms with van der Waals surface area (Å²) in [6.45, 7) is 2.64. The molecule has 9 heteroatoms. The van der Waals surface area contributed by atoms with E-state index in [1.807, 2.05) is 22.4 Å². The molecule has 1 aromatic heterocycles. The van der Waals surface area contributed by atoms with Crippen molar-refractivity contribution >= 4 is 29.1 Å². The van der Waals surface area contributed by atoms with Crippen molar-refractivity contribution in [2.24, 2.45) is 5.92 Å². The number of carbonyl (C=O) groups is 3. The summed E-state index contributed by atoms with van der Waals surface area (Å²) in [6.07, 6.45) is 13.9. The second-order valence-corrected chi connectivity index (χ2v) is 13.4. The number of piperazine rings is 1. The molecule has 2 N–H and O–H groups in total. The van der Waals surface area contributed by atoms with Gasteiger partial charge in [-0.2, -0.15) is 0 Å². The first-order chi connectivity index (χ1) is 19.4. The molecule has 1 aliphatic heterocycles. The minimum Gasteiger partial charge on any atom is -0.349 e. The highest BCUT2D eigenvalue weighted by Crippen LogP contribution is 2.29. The first-order valence-corrected chi connectivity index (χ1v) is 16.6. The molecule has 0 aromatic carbocycles. The number of nitrogens with zero attached hydrogens (tertiary/aromatic N) is 3. The van der Waals surface area contributed by atoms with Gasteiger partial charge in [-0.05, 0) is 76.5 Å². The fourth-order valence-electron chi connectivity index (χ4n) is 6.60. The summed E-state index contributed by atoms with van der Waals surface area (Å²) in [6, 6.07) is 3.38. The van der Waals surface area contributed by atoms with Crippen LogP contribution in [0.4, 0.5) is 0 Å². The van der Waals surface area contributed by atoms with Crippen molar-refractivity contribution in [3.05, 3.63) is 22.4 Å². The Morgan fingerprint density at radius 3 is 2.48 bits per heavy atom. The maximum Gasteiger partial charge on any atom is 0.244 e. The highest BCUT2D eigenvalue weighted by molar-refractivity contribution is 7.09. The fourth-order valence-corrected chi connectivity index (χ4v) is 7.25. The fraction of sp³-hybridized carbons (Fsp3) is 0.774. The maximum atomic E-state index is 14.2. The predicted octanol–water partition coefficient (Wildman–Crippen LogP) is 4.01. The zero-order valence-corrected chi connectivity index (χ0v) is 25.6. The third kappa shape index (κ3) is 9.28. The van der Waals surface area contributed by atoms with E-state index < -0.39 is 6.04 Å². The molecule has 1 saturated heterocycles. The lowest BCUT2D eigenvalue weighted by molar-refractivity contribution is -0.150. The first-order valence-electron chi connectivity index (χ1n) is 15.7. The standard InChI is InChI=1S/C31H51N5O3S/c1-34(2)17-9-8-16-27(33-25-13-4-3-5-14-25)31(39)36-19-18-35(29(37)21-24-11-6-7-12-24)23-28(36)30(38)32-22-26-15-10-20-40-26/h10,15,20,24-25,27-28,33H,3-9,11-14,16-19,21-23H2,1-2H3,(H,32,38)/t27-,28?/m1/s1. The molecule has 3 fully saturated rings. The predicted molar refractivity (Wildman–Crippen MR) is 161 cm³/mol. The molecule has 40 heavy (non-hydrogen) atoms. The average Bonchev–Trinajstić information content (AvgIpc) is 3.68. The maximum absolute atomic E-state index is 14.2. The van der Waals surface area contributed by atoms with E-state index in [1.165, 1.54) is 32.1 Å². The van der Waals surface area contributed by atoms with Crippen LogP contribution in [-0.4, -0.2) is 90.8 Å². The number of carbonyl (C=O) groups excluding carboxylic acids is 3. The molecule has 1 unspecified atom stereocenters. The summed E-state index contributed by atoms with van der Waals surface area (Å²) in [5.74, 6) is 0.457. The highest BCUT2D eigenvalue weighted by atomic mass is 32.1. The zero-order valence-electron chi connectivity index (χ0n) is 24.7. The number of thiophene rings is 1. The Labute approximate surface area is 245 Å². The topological polar surface area (TPSA) is 85.0 Å². The molecular formula is C31H51N5O3S. The van der Waals surface area contributed by atoms with Gasteiger partial charge in [0.15, 0.2) is 0 Å². The summed E-state index contributed by atoms with van der Waals surface area (Å²) >= 11 is 1.61. The van der Waals surface area contributed by atoms with E-state index in [-0.39, 0.29) is 30.3 Å². The number of amides is 3. The van der Waals surface area contributed by atoms with Crippen LogP contribution >= 0.6 is 11.3 Å². The molecule has 4 rings (SSSR count). The minimum absolute atomic E-state index is 0.0228. The van der Waals surface area contributed by atoms with E-state index in [4.69, 9.17) is 0 Å². The zero-order chi connectivity index (χ0) is 28.3. The van der Waals surface area contributed by atoms with E-state index in [1.54, 1.807) is 16.2 Å². The van der Waals surface area contributed by atoms with Gasteiger partial charge in [0.2, 0.25) is 17.7 Å².